The molecular formula is C12H19NO4. The molecule has 17 heavy (non-hydrogen) atoms. The lowest BCUT2D eigenvalue weighted by molar-refractivity contribution is -0.167. The fourth-order valence-electron chi connectivity index (χ4n) is 2.35. The highest BCUT2D eigenvalue weighted by atomic mass is 16.6. The topological polar surface area (TPSA) is 55.8 Å². The van der Waals surface area contributed by atoms with Crippen LogP contribution in [0.15, 0.2) is 0 Å². The number of carbonyl (C=O) groups excluding carboxylic acids is 2. The first-order valence-electron chi connectivity index (χ1n) is 6.31. The van der Waals surface area contributed by atoms with Crippen molar-refractivity contribution in [2.75, 3.05) is 26.2 Å². The van der Waals surface area contributed by atoms with Crippen molar-refractivity contribution in [3.63, 3.8) is 0 Å². The number of ether oxygens (including phenoxy) is 2. The van der Waals surface area contributed by atoms with Crippen LogP contribution in [0.1, 0.15) is 32.1 Å². The van der Waals surface area contributed by atoms with E-state index in [-0.39, 0.29) is 13.1 Å². The predicted molar refractivity (Wildman–Crippen MR) is 60.4 cm³/mol. The second-order valence-corrected chi connectivity index (χ2v) is 4.69. The zero-order valence-corrected chi connectivity index (χ0v) is 10.0. The van der Waals surface area contributed by atoms with E-state index in [1.165, 1.54) is 19.3 Å². The third-order valence-corrected chi connectivity index (χ3v) is 3.25. The summed E-state index contributed by atoms with van der Waals surface area (Å²) in [6.07, 6.45) is 6.46. The number of rotatable bonds is 4. The minimum atomic E-state index is -0.459. The minimum absolute atomic E-state index is 0.194. The van der Waals surface area contributed by atoms with Crippen LogP contribution in [-0.2, 0) is 19.1 Å². The second-order valence-electron chi connectivity index (χ2n) is 4.69. The lowest BCUT2D eigenvalue weighted by atomic mass is 9.98. The quantitative estimate of drug-likeness (QED) is 0.536. The lowest BCUT2D eigenvalue weighted by Crippen LogP contribution is -2.44. The summed E-state index contributed by atoms with van der Waals surface area (Å²) in [6, 6.07) is 0. The van der Waals surface area contributed by atoms with Crippen molar-refractivity contribution in [3.05, 3.63) is 0 Å². The first kappa shape index (κ1) is 12.5. The van der Waals surface area contributed by atoms with Gasteiger partial charge in [-0.2, -0.15) is 0 Å². The Hall–Kier alpha value is -0.940. The van der Waals surface area contributed by atoms with Gasteiger partial charge in [0.15, 0.2) is 0 Å². The van der Waals surface area contributed by atoms with Crippen LogP contribution in [0.4, 0.5) is 0 Å². The summed E-state index contributed by atoms with van der Waals surface area (Å²) in [6.45, 7) is 1.60. The van der Waals surface area contributed by atoms with E-state index in [0.29, 0.717) is 19.3 Å². The van der Waals surface area contributed by atoms with E-state index in [4.69, 9.17) is 4.74 Å². The maximum absolute atomic E-state index is 11.0. The molecule has 2 fully saturated rings. The average molecular weight is 241 g/mol. The molecule has 2 aliphatic rings. The normalized spacial score (nSPS) is 23.8. The van der Waals surface area contributed by atoms with Crippen LogP contribution in [0.25, 0.3) is 0 Å². The Morgan fingerprint density at radius 3 is 2.41 bits per heavy atom. The van der Waals surface area contributed by atoms with Crippen LogP contribution in [0.3, 0.4) is 0 Å². The van der Waals surface area contributed by atoms with Gasteiger partial charge in [-0.3, -0.25) is 14.5 Å². The number of morpholine rings is 1. The number of esters is 2. The smallest absolute Gasteiger partial charge is 0.327 e. The average Bonchev–Trinajstić information content (AvgIpc) is 2.29. The summed E-state index contributed by atoms with van der Waals surface area (Å²) in [7, 11) is 0. The SMILES string of the molecule is O=C1CN(CCOC2CCCCC2)CC(=O)O1. The Morgan fingerprint density at radius 1 is 1.12 bits per heavy atom. The molecule has 1 saturated carbocycles. The van der Waals surface area contributed by atoms with E-state index < -0.39 is 11.9 Å². The summed E-state index contributed by atoms with van der Waals surface area (Å²) in [4.78, 5) is 23.8. The maximum Gasteiger partial charge on any atom is 0.327 e. The van der Waals surface area contributed by atoms with E-state index in [0.717, 1.165) is 12.8 Å². The predicted octanol–water partition coefficient (Wildman–Crippen LogP) is 0.721. The molecule has 0 atom stereocenters. The van der Waals surface area contributed by atoms with E-state index >= 15 is 0 Å². The standard InChI is InChI=1S/C12H19NO4/c14-11-8-13(9-12(15)17-11)6-7-16-10-4-2-1-3-5-10/h10H,1-9H2. The number of nitrogens with zero attached hydrogens (tertiary/aromatic N) is 1. The number of hydrogen-bond acceptors (Lipinski definition) is 5. The zero-order chi connectivity index (χ0) is 12.1. The minimum Gasteiger partial charge on any atom is -0.391 e. The van der Waals surface area contributed by atoms with Crippen LogP contribution in [-0.4, -0.2) is 49.2 Å². The molecule has 1 heterocycles. The molecular weight excluding hydrogens is 222 g/mol. The Kier molecular flexibility index (Phi) is 4.50. The highest BCUT2D eigenvalue weighted by Gasteiger charge is 2.24. The van der Waals surface area contributed by atoms with Gasteiger partial charge in [0.2, 0.25) is 0 Å². The van der Waals surface area contributed by atoms with Gasteiger partial charge in [-0.05, 0) is 12.8 Å². The van der Waals surface area contributed by atoms with Gasteiger partial charge in [-0.15, -0.1) is 0 Å². The molecule has 2 rings (SSSR count). The van der Waals surface area contributed by atoms with Crippen LogP contribution in [0, 0.1) is 0 Å². The van der Waals surface area contributed by atoms with Gasteiger partial charge in [-0.1, -0.05) is 19.3 Å². The van der Waals surface area contributed by atoms with Crippen molar-refractivity contribution < 1.29 is 19.1 Å². The third-order valence-electron chi connectivity index (χ3n) is 3.25. The van der Waals surface area contributed by atoms with Gasteiger partial charge in [0.05, 0.1) is 25.8 Å². The number of cyclic esters (lactones) is 2. The highest BCUT2D eigenvalue weighted by molar-refractivity contribution is 5.90. The van der Waals surface area contributed by atoms with Gasteiger partial charge in [0, 0.05) is 6.54 Å². The van der Waals surface area contributed by atoms with E-state index in [1.54, 1.807) is 4.90 Å². The molecule has 0 bridgehead atoms. The Bertz CT molecular complexity index is 270. The van der Waals surface area contributed by atoms with E-state index in [1.807, 2.05) is 0 Å². The Morgan fingerprint density at radius 2 is 1.76 bits per heavy atom. The number of carbonyl (C=O) groups is 2. The van der Waals surface area contributed by atoms with Gasteiger partial charge in [-0.25, -0.2) is 0 Å². The van der Waals surface area contributed by atoms with Crippen molar-refractivity contribution in [2.45, 2.75) is 38.2 Å². The summed E-state index contributed by atoms with van der Waals surface area (Å²) in [5, 5.41) is 0. The first-order chi connectivity index (χ1) is 8.24. The fourth-order valence-corrected chi connectivity index (χ4v) is 2.35. The molecule has 0 unspecified atom stereocenters. The summed E-state index contributed by atoms with van der Waals surface area (Å²) in [5.41, 5.74) is 0. The Balaban J connectivity index is 1.64. The van der Waals surface area contributed by atoms with Crippen molar-refractivity contribution >= 4 is 11.9 Å². The summed E-state index contributed by atoms with van der Waals surface area (Å²) < 4.78 is 10.2. The molecule has 0 radical (unpaired) electrons. The highest BCUT2D eigenvalue weighted by Crippen LogP contribution is 2.20. The van der Waals surface area contributed by atoms with E-state index in [2.05, 4.69) is 4.74 Å². The summed E-state index contributed by atoms with van der Waals surface area (Å²) in [5.74, 6) is -0.919. The largest absolute Gasteiger partial charge is 0.391 e. The van der Waals surface area contributed by atoms with Crippen LogP contribution < -0.4 is 0 Å². The molecule has 0 N–H and O–H groups in total. The zero-order valence-electron chi connectivity index (χ0n) is 10.0. The van der Waals surface area contributed by atoms with Crippen molar-refractivity contribution in [2.24, 2.45) is 0 Å². The van der Waals surface area contributed by atoms with Crippen molar-refractivity contribution in [3.8, 4) is 0 Å². The van der Waals surface area contributed by atoms with E-state index in [9.17, 15) is 9.59 Å². The third kappa shape index (κ3) is 4.09. The van der Waals surface area contributed by atoms with Crippen LogP contribution >= 0.6 is 0 Å². The monoisotopic (exact) mass is 241 g/mol. The molecule has 5 nitrogen and oxygen atoms in total. The molecule has 1 saturated heterocycles. The molecule has 0 amide bonds. The molecule has 0 aromatic heterocycles. The molecule has 5 heteroatoms. The van der Waals surface area contributed by atoms with Crippen molar-refractivity contribution in [1.82, 2.24) is 4.90 Å². The molecule has 0 spiro atoms. The van der Waals surface area contributed by atoms with Gasteiger partial charge < -0.3 is 9.47 Å². The lowest BCUT2D eigenvalue weighted by Gasteiger charge is -2.26. The second kappa shape index (κ2) is 6.12. The van der Waals surface area contributed by atoms with Gasteiger partial charge in [0.1, 0.15) is 0 Å². The van der Waals surface area contributed by atoms with Gasteiger partial charge >= 0.3 is 11.9 Å². The maximum atomic E-state index is 11.0. The van der Waals surface area contributed by atoms with Crippen molar-refractivity contribution in [1.29, 1.82) is 0 Å². The Labute approximate surface area is 101 Å². The number of hydrogen-bond donors (Lipinski definition) is 0. The first-order valence-corrected chi connectivity index (χ1v) is 6.31. The molecule has 1 aliphatic heterocycles. The molecule has 0 aromatic rings. The molecule has 1 aliphatic carbocycles. The molecule has 0 aromatic carbocycles. The fraction of sp³-hybridized carbons (Fsp3) is 0.833. The van der Waals surface area contributed by atoms with Crippen LogP contribution in [0.2, 0.25) is 0 Å². The van der Waals surface area contributed by atoms with Crippen LogP contribution in [0.5, 0.6) is 0 Å². The molecule has 96 valence electrons. The van der Waals surface area contributed by atoms with Gasteiger partial charge in [0.25, 0.3) is 0 Å². The summed E-state index contributed by atoms with van der Waals surface area (Å²) >= 11 is 0.